The number of hydrogen-bond donors (Lipinski definition) is 3. The van der Waals surface area contributed by atoms with Gasteiger partial charge in [0, 0.05) is 23.2 Å². The number of sulfonamides is 2. The molecule has 0 bridgehead atoms. The van der Waals surface area contributed by atoms with Gasteiger partial charge in [0.2, 0.25) is 20.0 Å². The highest BCUT2D eigenvalue weighted by Crippen LogP contribution is 2.30. The summed E-state index contributed by atoms with van der Waals surface area (Å²) in [6.45, 7) is 5.09. The maximum Gasteiger partial charge on any atom is 0.256 e. The standard InChI is InChI=1S/C27H29FN4O5S2/c1-27(2,3)32-39(36,37)25-13-10-21(28)16-23(25)20-8-11-22(12-9-20)30-24(26(33)31-38(4,34)35)15-18-6-5-7-19(14-18)17-29/h5-14,16,24,30,32H,15H2,1-4H3,(H,31,33)/t24-/m0/s1. The Bertz CT molecular complexity index is 1630. The fraction of sp³-hybridized carbons (Fsp3) is 0.259. The van der Waals surface area contributed by atoms with Gasteiger partial charge in [-0.15, -0.1) is 0 Å². The maximum atomic E-state index is 14.2. The topological polar surface area (TPSA) is 145 Å². The van der Waals surface area contributed by atoms with Crippen LogP contribution < -0.4 is 14.8 Å². The van der Waals surface area contributed by atoms with Gasteiger partial charge in [-0.1, -0.05) is 24.3 Å². The molecule has 0 aliphatic rings. The number of carbonyl (C=O) groups excluding carboxylic acids is 1. The number of carbonyl (C=O) groups is 1. The molecule has 0 aliphatic carbocycles. The van der Waals surface area contributed by atoms with Crippen LogP contribution in [-0.4, -0.2) is 40.6 Å². The van der Waals surface area contributed by atoms with Crippen LogP contribution in [0.5, 0.6) is 0 Å². The first kappa shape index (κ1) is 29.8. The largest absolute Gasteiger partial charge is 0.373 e. The quantitative estimate of drug-likeness (QED) is 0.356. The Morgan fingerprint density at radius 2 is 1.67 bits per heavy atom. The summed E-state index contributed by atoms with van der Waals surface area (Å²) in [5.41, 5.74) is 1.25. The molecule has 3 aromatic rings. The van der Waals surface area contributed by atoms with Crippen LogP contribution in [0.15, 0.2) is 71.6 Å². The molecule has 12 heteroatoms. The van der Waals surface area contributed by atoms with Gasteiger partial charge in [-0.2, -0.15) is 5.26 Å². The highest BCUT2D eigenvalue weighted by Gasteiger charge is 2.26. The van der Waals surface area contributed by atoms with Gasteiger partial charge in [-0.05, 0) is 74.4 Å². The summed E-state index contributed by atoms with van der Waals surface area (Å²) in [7, 11) is -7.81. The Morgan fingerprint density at radius 3 is 2.26 bits per heavy atom. The van der Waals surface area contributed by atoms with Gasteiger partial charge in [0.05, 0.1) is 22.8 Å². The average molecular weight is 573 g/mol. The molecule has 0 fully saturated rings. The number of anilines is 1. The van der Waals surface area contributed by atoms with Crippen molar-refractivity contribution >= 4 is 31.6 Å². The van der Waals surface area contributed by atoms with E-state index in [2.05, 4.69) is 10.0 Å². The Labute approximate surface area is 228 Å². The molecule has 0 heterocycles. The molecule has 0 unspecified atom stereocenters. The second kappa shape index (κ2) is 11.5. The molecule has 0 saturated heterocycles. The first-order valence-corrected chi connectivity index (χ1v) is 15.1. The molecule has 1 atom stereocenters. The molecule has 0 saturated carbocycles. The zero-order valence-corrected chi connectivity index (χ0v) is 23.5. The van der Waals surface area contributed by atoms with E-state index >= 15 is 0 Å². The van der Waals surface area contributed by atoms with E-state index in [9.17, 15) is 26.0 Å². The zero-order chi connectivity index (χ0) is 29.0. The van der Waals surface area contributed by atoms with Crippen LogP contribution in [0.25, 0.3) is 11.1 Å². The van der Waals surface area contributed by atoms with E-state index < -0.39 is 43.4 Å². The van der Waals surface area contributed by atoms with Crippen LogP contribution in [0.2, 0.25) is 0 Å². The van der Waals surface area contributed by atoms with Crippen LogP contribution in [0, 0.1) is 17.1 Å². The number of benzene rings is 3. The van der Waals surface area contributed by atoms with E-state index in [1.807, 2.05) is 10.8 Å². The van der Waals surface area contributed by atoms with E-state index in [1.54, 1.807) is 69.3 Å². The summed E-state index contributed by atoms with van der Waals surface area (Å²) >= 11 is 0. The van der Waals surface area contributed by atoms with Gasteiger partial charge < -0.3 is 5.32 Å². The molecule has 39 heavy (non-hydrogen) atoms. The molecule has 1 amide bonds. The third kappa shape index (κ3) is 8.61. The predicted octanol–water partition coefficient (Wildman–Crippen LogP) is 3.54. The molecule has 3 N–H and O–H groups in total. The van der Waals surface area contributed by atoms with Crippen LogP contribution in [0.4, 0.5) is 10.1 Å². The third-order valence-corrected chi connectivity index (χ3v) is 7.69. The summed E-state index contributed by atoms with van der Waals surface area (Å²) in [5, 5.41) is 12.2. The smallest absolute Gasteiger partial charge is 0.256 e. The lowest BCUT2D eigenvalue weighted by Gasteiger charge is -2.22. The SMILES string of the molecule is CC(C)(C)NS(=O)(=O)c1ccc(F)cc1-c1ccc(N[C@@H](Cc2cccc(C#N)c2)C(=O)NS(C)(=O)=O)cc1. The van der Waals surface area contributed by atoms with Crippen molar-refractivity contribution in [2.75, 3.05) is 11.6 Å². The van der Waals surface area contributed by atoms with Crippen molar-refractivity contribution in [1.29, 1.82) is 5.26 Å². The normalized spacial score (nSPS) is 12.8. The second-order valence-electron chi connectivity index (χ2n) is 10.0. The van der Waals surface area contributed by atoms with Crippen molar-refractivity contribution in [1.82, 2.24) is 9.44 Å². The number of nitrogens with zero attached hydrogens (tertiary/aromatic N) is 1. The first-order valence-electron chi connectivity index (χ1n) is 11.8. The Kier molecular flexibility index (Phi) is 8.80. The number of hydrogen-bond acceptors (Lipinski definition) is 7. The van der Waals surface area contributed by atoms with Gasteiger partial charge in [0.15, 0.2) is 0 Å². The Morgan fingerprint density at radius 1 is 1.00 bits per heavy atom. The monoisotopic (exact) mass is 572 g/mol. The van der Waals surface area contributed by atoms with Gasteiger partial charge in [0.25, 0.3) is 5.91 Å². The molecule has 0 aliphatic heterocycles. The van der Waals surface area contributed by atoms with Gasteiger partial charge in [0.1, 0.15) is 11.9 Å². The summed E-state index contributed by atoms with van der Waals surface area (Å²) < 4.78 is 68.1. The van der Waals surface area contributed by atoms with Crippen molar-refractivity contribution in [3.05, 3.63) is 83.7 Å². The molecule has 0 spiro atoms. The number of amides is 1. The molecule has 3 rings (SSSR count). The minimum absolute atomic E-state index is 0.0728. The summed E-state index contributed by atoms with van der Waals surface area (Å²) in [6, 6.07) is 17.2. The van der Waals surface area contributed by atoms with Crippen molar-refractivity contribution < 1.29 is 26.0 Å². The summed E-state index contributed by atoms with van der Waals surface area (Å²) in [6.07, 6.45) is 0.940. The van der Waals surface area contributed by atoms with Crippen molar-refractivity contribution in [2.24, 2.45) is 0 Å². The van der Waals surface area contributed by atoms with Crippen LogP contribution >= 0.6 is 0 Å². The Balaban J connectivity index is 1.94. The fourth-order valence-corrected chi connectivity index (χ4v) is 5.97. The number of nitrogens with one attached hydrogen (secondary N) is 3. The lowest BCUT2D eigenvalue weighted by molar-refractivity contribution is -0.120. The van der Waals surface area contributed by atoms with Crippen LogP contribution in [0.3, 0.4) is 0 Å². The minimum Gasteiger partial charge on any atom is -0.373 e. The van der Waals surface area contributed by atoms with Crippen molar-refractivity contribution in [3.8, 4) is 17.2 Å². The predicted molar refractivity (Wildman–Crippen MR) is 147 cm³/mol. The lowest BCUT2D eigenvalue weighted by Crippen LogP contribution is -2.43. The molecular formula is C27H29FN4O5S2. The molecule has 0 radical (unpaired) electrons. The van der Waals surface area contributed by atoms with Crippen molar-refractivity contribution in [3.63, 3.8) is 0 Å². The van der Waals surface area contributed by atoms with Crippen LogP contribution in [0.1, 0.15) is 31.9 Å². The molecular weight excluding hydrogens is 543 g/mol. The van der Waals surface area contributed by atoms with Gasteiger partial charge >= 0.3 is 0 Å². The molecule has 3 aromatic carbocycles. The summed E-state index contributed by atoms with van der Waals surface area (Å²) in [4.78, 5) is 12.7. The third-order valence-electron chi connectivity index (χ3n) is 5.31. The minimum atomic E-state index is -3.98. The van der Waals surface area contributed by atoms with E-state index in [0.717, 1.165) is 18.4 Å². The Hall–Kier alpha value is -3.79. The van der Waals surface area contributed by atoms with Gasteiger partial charge in [-0.3, -0.25) is 9.52 Å². The van der Waals surface area contributed by atoms with E-state index in [4.69, 9.17) is 5.26 Å². The van der Waals surface area contributed by atoms with Gasteiger partial charge in [-0.25, -0.2) is 25.9 Å². The molecule has 0 aromatic heterocycles. The first-order chi connectivity index (χ1) is 18.1. The second-order valence-corrected chi connectivity index (χ2v) is 13.4. The van der Waals surface area contributed by atoms with E-state index in [1.165, 1.54) is 6.07 Å². The highest BCUT2D eigenvalue weighted by atomic mass is 32.2. The average Bonchev–Trinajstić information content (AvgIpc) is 2.81. The van der Waals surface area contributed by atoms with Crippen LogP contribution in [-0.2, 0) is 31.3 Å². The summed E-state index contributed by atoms with van der Waals surface area (Å²) in [5.74, 6) is -1.41. The van der Waals surface area contributed by atoms with Crippen molar-refractivity contribution in [2.45, 2.75) is 43.7 Å². The molecule has 9 nitrogen and oxygen atoms in total. The fourth-order valence-electron chi connectivity index (χ4n) is 3.83. The number of rotatable bonds is 9. The zero-order valence-electron chi connectivity index (χ0n) is 21.8. The molecule has 206 valence electrons. The lowest BCUT2D eigenvalue weighted by atomic mass is 10.0. The highest BCUT2D eigenvalue weighted by molar-refractivity contribution is 7.89. The van der Waals surface area contributed by atoms with E-state index in [0.29, 0.717) is 22.4 Å². The number of nitriles is 1. The maximum absolute atomic E-state index is 14.2. The number of halogens is 1. The van der Waals surface area contributed by atoms with E-state index in [-0.39, 0.29) is 16.9 Å².